The molecule has 0 heterocycles. The highest BCUT2D eigenvalue weighted by Gasteiger charge is 2.07. The molecule has 0 aromatic heterocycles. The number of nitrogens with one attached hydrogen (secondary N) is 1. The summed E-state index contributed by atoms with van der Waals surface area (Å²) in [6.45, 7) is 2.02. The van der Waals surface area contributed by atoms with Crippen LogP contribution in [0, 0.1) is 11.3 Å². The number of carbonyl (C=O) groups excluding carboxylic acids is 1. The maximum atomic E-state index is 11.1. The monoisotopic (exact) mass is 253 g/mol. The fraction of sp³-hybridized carbons (Fsp3) is 0.273. The minimum absolute atomic E-state index is 0.0336. The van der Waals surface area contributed by atoms with E-state index in [1.807, 2.05) is 6.07 Å². The summed E-state index contributed by atoms with van der Waals surface area (Å²) in [6, 6.07) is 8.69. The van der Waals surface area contributed by atoms with Crippen molar-refractivity contribution in [3.8, 4) is 6.07 Å². The van der Waals surface area contributed by atoms with E-state index in [1.165, 1.54) is 0 Å². The molecule has 5 nitrogen and oxygen atoms in total. The molecule has 1 aromatic carbocycles. The number of hydrazine groups is 1. The summed E-state index contributed by atoms with van der Waals surface area (Å²) in [5.74, 6) is -0.394. The predicted molar refractivity (Wildman–Crippen MR) is 64.1 cm³/mol. The van der Waals surface area contributed by atoms with Gasteiger partial charge in [-0.2, -0.15) is 5.26 Å². The number of hydrogen-bond donors (Lipinski definition) is 1. The number of nitriles is 1. The molecule has 0 bridgehead atoms. The van der Waals surface area contributed by atoms with E-state index in [9.17, 15) is 4.79 Å². The van der Waals surface area contributed by atoms with Crippen molar-refractivity contribution in [1.29, 1.82) is 5.26 Å². The van der Waals surface area contributed by atoms with Gasteiger partial charge in [0.1, 0.15) is 6.54 Å². The first-order valence-electron chi connectivity index (χ1n) is 5.02. The van der Waals surface area contributed by atoms with Crippen LogP contribution in [0.5, 0.6) is 0 Å². The van der Waals surface area contributed by atoms with E-state index in [4.69, 9.17) is 21.8 Å². The first kappa shape index (κ1) is 13.3. The Morgan fingerprint density at radius 3 is 3.06 bits per heavy atom. The zero-order chi connectivity index (χ0) is 12.7. The molecule has 0 aliphatic rings. The number of ether oxygens (including phenoxy) is 1. The molecular weight excluding hydrogens is 242 g/mol. The van der Waals surface area contributed by atoms with Gasteiger partial charge in [0.25, 0.3) is 0 Å². The molecule has 0 fully saturated rings. The summed E-state index contributed by atoms with van der Waals surface area (Å²) in [4.78, 5) is 11.1. The fourth-order valence-electron chi connectivity index (χ4n) is 1.13. The third-order valence-corrected chi connectivity index (χ3v) is 2.18. The van der Waals surface area contributed by atoms with Gasteiger partial charge in [-0.05, 0) is 25.1 Å². The van der Waals surface area contributed by atoms with Crippen molar-refractivity contribution in [3.05, 3.63) is 29.8 Å². The molecule has 0 radical (unpaired) electrons. The minimum Gasteiger partial charge on any atom is -0.465 e. The largest absolute Gasteiger partial charge is 0.465 e. The van der Waals surface area contributed by atoms with Crippen molar-refractivity contribution in [2.45, 2.75) is 6.92 Å². The van der Waals surface area contributed by atoms with Crippen LogP contribution < -0.4 is 9.95 Å². The molecule has 0 atom stereocenters. The molecule has 0 spiro atoms. The highest BCUT2D eigenvalue weighted by Crippen LogP contribution is 2.15. The summed E-state index contributed by atoms with van der Waals surface area (Å²) in [5.41, 5.74) is 3.72. The summed E-state index contributed by atoms with van der Waals surface area (Å²) < 4.78 is 5.88. The summed E-state index contributed by atoms with van der Waals surface area (Å²) >= 11 is 5.88. The van der Waals surface area contributed by atoms with Crippen LogP contribution in [0.4, 0.5) is 5.69 Å². The fourth-order valence-corrected chi connectivity index (χ4v) is 1.30. The van der Waals surface area contributed by atoms with Crippen molar-refractivity contribution in [1.82, 2.24) is 5.43 Å². The van der Waals surface area contributed by atoms with Crippen molar-refractivity contribution in [3.63, 3.8) is 0 Å². The van der Waals surface area contributed by atoms with E-state index in [0.717, 1.165) is 4.53 Å². The van der Waals surface area contributed by atoms with Gasteiger partial charge in [0, 0.05) is 11.8 Å². The van der Waals surface area contributed by atoms with Gasteiger partial charge in [0.2, 0.25) is 0 Å². The molecule has 0 aliphatic heterocycles. The lowest BCUT2D eigenvalue weighted by Gasteiger charge is -2.16. The van der Waals surface area contributed by atoms with Gasteiger partial charge in [0.05, 0.1) is 23.9 Å². The van der Waals surface area contributed by atoms with E-state index >= 15 is 0 Å². The Balaban J connectivity index is 2.55. The van der Waals surface area contributed by atoms with E-state index < -0.39 is 5.97 Å². The molecule has 0 amide bonds. The number of rotatable bonds is 5. The second-order valence-corrected chi connectivity index (χ2v) is 3.42. The van der Waals surface area contributed by atoms with Gasteiger partial charge in [-0.25, -0.2) is 9.95 Å². The Morgan fingerprint density at radius 1 is 1.65 bits per heavy atom. The highest BCUT2D eigenvalue weighted by atomic mass is 35.5. The molecule has 1 N–H and O–H groups in total. The average molecular weight is 254 g/mol. The molecule has 90 valence electrons. The Bertz CT molecular complexity index is 431. The summed E-state index contributed by atoms with van der Waals surface area (Å²) in [7, 11) is 0. The second-order valence-electron chi connectivity index (χ2n) is 3.08. The lowest BCUT2D eigenvalue weighted by molar-refractivity contribution is -0.141. The molecule has 17 heavy (non-hydrogen) atoms. The maximum absolute atomic E-state index is 11.1. The summed E-state index contributed by atoms with van der Waals surface area (Å²) in [6.07, 6.45) is 0. The number of carbonyl (C=O) groups is 1. The normalized spacial score (nSPS) is 9.47. The molecule has 1 rings (SSSR count). The van der Waals surface area contributed by atoms with Crippen molar-refractivity contribution >= 4 is 23.4 Å². The SMILES string of the molecule is CCOC(=O)CNN(Cl)c1cccc(C#N)c1. The zero-order valence-electron chi connectivity index (χ0n) is 9.31. The van der Waals surface area contributed by atoms with Crippen LogP contribution >= 0.6 is 11.8 Å². The predicted octanol–water partition coefficient (Wildman–Crippen LogP) is 1.59. The van der Waals surface area contributed by atoms with Crippen LogP contribution in [0.3, 0.4) is 0 Å². The molecule has 1 aromatic rings. The van der Waals surface area contributed by atoms with E-state index in [-0.39, 0.29) is 6.54 Å². The number of halogens is 1. The van der Waals surface area contributed by atoms with Crippen molar-refractivity contribution in [2.24, 2.45) is 0 Å². The molecule has 6 heteroatoms. The second kappa shape index (κ2) is 6.74. The lowest BCUT2D eigenvalue weighted by atomic mass is 10.2. The average Bonchev–Trinajstić information content (AvgIpc) is 2.36. The van der Waals surface area contributed by atoms with Crippen molar-refractivity contribution < 1.29 is 9.53 Å². The van der Waals surface area contributed by atoms with Crippen LogP contribution in [-0.4, -0.2) is 19.1 Å². The van der Waals surface area contributed by atoms with Gasteiger partial charge in [0.15, 0.2) is 0 Å². The van der Waals surface area contributed by atoms with E-state index in [0.29, 0.717) is 17.9 Å². The number of benzene rings is 1. The molecule has 0 unspecified atom stereocenters. The smallest absolute Gasteiger partial charge is 0.321 e. The number of hydrogen-bond acceptors (Lipinski definition) is 5. The first-order valence-corrected chi connectivity index (χ1v) is 5.36. The molecule has 0 saturated heterocycles. The van der Waals surface area contributed by atoms with Crippen LogP contribution in [-0.2, 0) is 9.53 Å². The van der Waals surface area contributed by atoms with Gasteiger partial charge in [-0.3, -0.25) is 4.79 Å². The minimum atomic E-state index is -0.394. The van der Waals surface area contributed by atoms with Crippen LogP contribution in [0.25, 0.3) is 0 Å². The highest BCUT2D eigenvalue weighted by molar-refractivity contribution is 6.25. The lowest BCUT2D eigenvalue weighted by Crippen LogP contribution is -2.35. The first-order chi connectivity index (χ1) is 8.17. The van der Waals surface area contributed by atoms with Gasteiger partial charge < -0.3 is 4.74 Å². The number of anilines is 1. The Hall–Kier alpha value is -1.77. The zero-order valence-corrected chi connectivity index (χ0v) is 10.1. The molecular formula is C11H12ClN3O2. The van der Waals surface area contributed by atoms with E-state index in [2.05, 4.69) is 5.43 Å². The third kappa shape index (κ3) is 4.31. The maximum Gasteiger partial charge on any atom is 0.321 e. The summed E-state index contributed by atoms with van der Waals surface area (Å²) in [5, 5.41) is 8.73. The van der Waals surface area contributed by atoms with Gasteiger partial charge in [-0.15, -0.1) is 0 Å². The quantitative estimate of drug-likeness (QED) is 0.490. The van der Waals surface area contributed by atoms with Crippen LogP contribution in [0.2, 0.25) is 0 Å². The van der Waals surface area contributed by atoms with Crippen LogP contribution in [0.15, 0.2) is 24.3 Å². The Morgan fingerprint density at radius 2 is 2.41 bits per heavy atom. The Labute approximate surface area is 105 Å². The third-order valence-electron chi connectivity index (χ3n) is 1.87. The number of nitrogens with zero attached hydrogens (tertiary/aromatic N) is 2. The Kier molecular flexibility index (Phi) is 5.27. The van der Waals surface area contributed by atoms with Crippen LogP contribution in [0.1, 0.15) is 12.5 Å². The molecule has 0 aliphatic carbocycles. The van der Waals surface area contributed by atoms with E-state index in [1.54, 1.807) is 31.2 Å². The van der Waals surface area contributed by atoms with Gasteiger partial charge in [-0.1, -0.05) is 6.07 Å². The standard InChI is InChI=1S/C11H12ClN3O2/c1-2-17-11(16)8-14-15(12)10-5-3-4-9(6-10)7-13/h3-6,14H,2,8H2,1H3. The van der Waals surface area contributed by atoms with Crippen molar-refractivity contribution in [2.75, 3.05) is 17.7 Å². The van der Waals surface area contributed by atoms with Gasteiger partial charge >= 0.3 is 5.97 Å². The molecule has 0 saturated carbocycles. The number of esters is 1. The topological polar surface area (TPSA) is 65.4 Å².